The summed E-state index contributed by atoms with van der Waals surface area (Å²) < 4.78 is 25.3. The Balaban J connectivity index is 0.000000223. The van der Waals surface area contributed by atoms with Crippen molar-refractivity contribution in [3.63, 3.8) is 0 Å². The minimum Gasteiger partial charge on any atom is -0.379 e. The number of rotatable bonds is 2. The second kappa shape index (κ2) is 6.82. The molecule has 1 aliphatic heterocycles. The molecule has 0 bridgehead atoms. The van der Waals surface area contributed by atoms with Gasteiger partial charge in [-0.3, -0.25) is 0 Å². The van der Waals surface area contributed by atoms with E-state index in [2.05, 4.69) is 18.5 Å². The molecular weight excluding hydrogens is 190 g/mol. The highest BCUT2D eigenvalue weighted by Crippen LogP contribution is 1.87. The van der Waals surface area contributed by atoms with E-state index in [1.54, 1.807) is 0 Å². The van der Waals surface area contributed by atoms with E-state index in [1.165, 1.54) is 0 Å². The van der Waals surface area contributed by atoms with E-state index in [9.17, 15) is 8.42 Å². The lowest BCUT2D eigenvalue weighted by Gasteiger charge is -2.10. The fourth-order valence-corrected chi connectivity index (χ4v) is 0.720. The summed E-state index contributed by atoms with van der Waals surface area (Å²) in [7, 11) is -3.13. The molecule has 0 aromatic heterocycles. The molecule has 76 valence electrons. The van der Waals surface area contributed by atoms with Gasteiger partial charge in [-0.05, 0) is 0 Å². The molecule has 1 fully saturated rings. The van der Waals surface area contributed by atoms with Crippen molar-refractivity contribution < 1.29 is 13.2 Å². The van der Waals surface area contributed by atoms with Crippen molar-refractivity contribution in [2.75, 3.05) is 26.3 Å². The number of hydrogen-bond acceptors (Lipinski definition) is 4. The Bertz CT molecular complexity index is 217. The summed E-state index contributed by atoms with van der Waals surface area (Å²) in [5, 5.41) is 4.85. The predicted molar refractivity (Wildman–Crippen MR) is 53.0 cm³/mol. The molecule has 4 nitrogen and oxygen atoms in total. The summed E-state index contributed by atoms with van der Waals surface area (Å²) in [5.74, 6) is 0. The zero-order valence-corrected chi connectivity index (χ0v) is 8.35. The lowest BCUT2D eigenvalue weighted by Crippen LogP contribution is -2.30. The molecule has 1 heterocycles. The minimum absolute atomic E-state index is 0.847. The summed E-state index contributed by atoms with van der Waals surface area (Å²) in [6, 6.07) is 0. The predicted octanol–water partition coefficient (Wildman–Crippen LogP) is 0.294. The highest BCUT2D eigenvalue weighted by molar-refractivity contribution is 7.97. The Morgan fingerprint density at radius 2 is 1.62 bits per heavy atom. The van der Waals surface area contributed by atoms with Crippen LogP contribution in [0.5, 0.6) is 0 Å². The molecule has 1 N–H and O–H groups in total. The molecule has 5 heteroatoms. The van der Waals surface area contributed by atoms with Crippen LogP contribution >= 0.6 is 0 Å². The first-order valence-corrected chi connectivity index (χ1v) is 5.52. The van der Waals surface area contributed by atoms with Gasteiger partial charge in [0.25, 0.3) is 0 Å². The van der Waals surface area contributed by atoms with Crippen LogP contribution in [0.4, 0.5) is 0 Å². The first kappa shape index (κ1) is 12.3. The van der Waals surface area contributed by atoms with Crippen molar-refractivity contribution in [2.24, 2.45) is 0 Å². The summed E-state index contributed by atoms with van der Waals surface area (Å²) >= 11 is 0. The molecule has 0 aliphatic carbocycles. The molecule has 1 saturated heterocycles. The molecular formula is C8H15NO3S. The van der Waals surface area contributed by atoms with E-state index in [4.69, 9.17) is 4.74 Å². The summed E-state index contributed by atoms with van der Waals surface area (Å²) in [5.41, 5.74) is 0. The van der Waals surface area contributed by atoms with Gasteiger partial charge < -0.3 is 10.1 Å². The second-order valence-electron chi connectivity index (χ2n) is 2.28. The van der Waals surface area contributed by atoms with Gasteiger partial charge in [0.1, 0.15) is 0 Å². The van der Waals surface area contributed by atoms with E-state index in [0.717, 1.165) is 37.1 Å². The Morgan fingerprint density at radius 1 is 1.15 bits per heavy atom. The van der Waals surface area contributed by atoms with E-state index in [0.29, 0.717) is 0 Å². The van der Waals surface area contributed by atoms with Crippen molar-refractivity contribution in [1.29, 1.82) is 0 Å². The van der Waals surface area contributed by atoms with Gasteiger partial charge in [0, 0.05) is 23.9 Å². The van der Waals surface area contributed by atoms with Crippen LogP contribution in [-0.2, 0) is 14.6 Å². The fraction of sp³-hybridized carbons (Fsp3) is 0.500. The zero-order chi connectivity index (χ0) is 10.2. The van der Waals surface area contributed by atoms with Crippen molar-refractivity contribution in [3.05, 3.63) is 24.0 Å². The Labute approximate surface area is 79.2 Å². The van der Waals surface area contributed by atoms with Gasteiger partial charge in [0.2, 0.25) is 0 Å². The van der Waals surface area contributed by atoms with Crippen LogP contribution in [0, 0.1) is 0 Å². The second-order valence-corrected chi connectivity index (χ2v) is 4.13. The Kier molecular flexibility index (Phi) is 6.48. The van der Waals surface area contributed by atoms with Gasteiger partial charge in [0.05, 0.1) is 13.2 Å². The highest BCUT2D eigenvalue weighted by atomic mass is 32.2. The van der Waals surface area contributed by atoms with E-state index in [1.807, 2.05) is 0 Å². The molecule has 0 aromatic carbocycles. The largest absolute Gasteiger partial charge is 0.379 e. The van der Waals surface area contributed by atoms with Gasteiger partial charge in [-0.1, -0.05) is 13.2 Å². The van der Waals surface area contributed by atoms with Crippen molar-refractivity contribution >= 4 is 9.84 Å². The molecule has 1 rings (SSSR count). The minimum atomic E-state index is -3.13. The first-order valence-electron chi connectivity index (χ1n) is 3.91. The van der Waals surface area contributed by atoms with Gasteiger partial charge in [-0.15, -0.1) is 0 Å². The van der Waals surface area contributed by atoms with Gasteiger partial charge in [-0.2, -0.15) is 0 Å². The SMILES string of the molecule is C1COCCN1.C=CS(=O)(=O)C=C. The number of morpholine rings is 1. The van der Waals surface area contributed by atoms with Crippen molar-refractivity contribution in [1.82, 2.24) is 5.32 Å². The maximum atomic E-state index is 10.1. The van der Waals surface area contributed by atoms with E-state index in [-0.39, 0.29) is 0 Å². The monoisotopic (exact) mass is 205 g/mol. The maximum Gasteiger partial charge on any atom is 0.191 e. The molecule has 0 spiro atoms. The standard InChI is InChI=1S/C4H9NO.C4H6O2S/c1-3-6-4-2-5-1;1-3-7(5,6)4-2/h5H,1-4H2;3-4H,1-2H2. The number of nitrogens with one attached hydrogen (secondary N) is 1. The third kappa shape index (κ3) is 7.70. The van der Waals surface area contributed by atoms with Crippen LogP contribution < -0.4 is 5.32 Å². The van der Waals surface area contributed by atoms with E-state index >= 15 is 0 Å². The third-order valence-electron chi connectivity index (χ3n) is 1.31. The average molecular weight is 205 g/mol. The normalized spacial score (nSPS) is 16.6. The van der Waals surface area contributed by atoms with Crippen LogP contribution in [0.1, 0.15) is 0 Å². The van der Waals surface area contributed by atoms with Crippen LogP contribution in [0.25, 0.3) is 0 Å². The highest BCUT2D eigenvalue weighted by Gasteiger charge is 1.93. The average Bonchev–Trinajstić information content (AvgIpc) is 2.21. The Morgan fingerprint density at radius 3 is 1.69 bits per heavy atom. The molecule has 0 atom stereocenters. The fourth-order valence-electron chi connectivity index (χ4n) is 0.584. The van der Waals surface area contributed by atoms with Gasteiger partial charge in [0.15, 0.2) is 9.84 Å². The topological polar surface area (TPSA) is 55.4 Å². The number of sulfone groups is 1. The zero-order valence-electron chi connectivity index (χ0n) is 7.53. The molecule has 0 unspecified atom stereocenters. The summed E-state index contributed by atoms with van der Waals surface area (Å²) in [6.07, 6.45) is 0. The molecule has 1 aliphatic rings. The van der Waals surface area contributed by atoms with Crippen LogP contribution in [0.2, 0.25) is 0 Å². The first-order chi connectivity index (χ1) is 6.12. The van der Waals surface area contributed by atoms with Crippen LogP contribution in [-0.4, -0.2) is 34.7 Å². The number of ether oxygens (including phenoxy) is 1. The smallest absolute Gasteiger partial charge is 0.191 e. The summed E-state index contributed by atoms with van der Waals surface area (Å²) in [4.78, 5) is 0. The maximum absolute atomic E-state index is 10.1. The molecule has 0 saturated carbocycles. The summed E-state index contributed by atoms with van der Waals surface area (Å²) in [6.45, 7) is 9.92. The lowest BCUT2D eigenvalue weighted by molar-refractivity contribution is 0.109. The third-order valence-corrected chi connectivity index (χ3v) is 2.24. The molecule has 0 radical (unpaired) electrons. The van der Waals surface area contributed by atoms with Gasteiger partial charge >= 0.3 is 0 Å². The number of hydrogen-bond donors (Lipinski definition) is 1. The van der Waals surface area contributed by atoms with Crippen LogP contribution in [0.3, 0.4) is 0 Å². The van der Waals surface area contributed by atoms with Crippen molar-refractivity contribution in [3.8, 4) is 0 Å². The van der Waals surface area contributed by atoms with Crippen LogP contribution in [0.15, 0.2) is 24.0 Å². The van der Waals surface area contributed by atoms with E-state index < -0.39 is 9.84 Å². The lowest BCUT2D eigenvalue weighted by atomic mass is 10.5. The quantitative estimate of drug-likeness (QED) is 0.704. The Hall–Kier alpha value is -0.650. The molecule has 0 amide bonds. The van der Waals surface area contributed by atoms with Gasteiger partial charge in [-0.25, -0.2) is 8.42 Å². The van der Waals surface area contributed by atoms with Crippen molar-refractivity contribution in [2.45, 2.75) is 0 Å². The molecule has 0 aromatic rings. The molecule has 13 heavy (non-hydrogen) atoms.